The largest absolute Gasteiger partial charge is 0.350 e. The molecule has 8 heteroatoms. The maximum absolute atomic E-state index is 12.1. The number of rotatable bonds is 4. The topological polar surface area (TPSA) is 95.2 Å². The molecule has 2 rings (SSSR count). The average Bonchev–Trinajstić information content (AvgIpc) is 2.85. The summed E-state index contributed by atoms with van der Waals surface area (Å²) in [5, 5.41) is 11.7. The lowest BCUT2D eigenvalue weighted by molar-refractivity contribution is 0.0933. The first-order valence-corrected chi connectivity index (χ1v) is 8.96. The fraction of sp³-hybridized carbons (Fsp3) is 0.571. The Labute approximate surface area is 130 Å². The van der Waals surface area contributed by atoms with E-state index < -0.39 is 10.0 Å². The Morgan fingerprint density at radius 2 is 2.27 bits per heavy atom. The van der Waals surface area contributed by atoms with Crippen LogP contribution in [0.3, 0.4) is 0 Å². The molecule has 1 aromatic rings. The minimum Gasteiger partial charge on any atom is -0.350 e. The van der Waals surface area contributed by atoms with Crippen molar-refractivity contribution in [2.75, 3.05) is 25.9 Å². The molecule has 0 radical (unpaired) electrons. The number of sulfonamides is 1. The minimum absolute atomic E-state index is 0.114. The number of hydrogen-bond acceptors (Lipinski definition) is 4. The van der Waals surface area contributed by atoms with Gasteiger partial charge in [0.05, 0.1) is 11.8 Å². The van der Waals surface area contributed by atoms with Crippen LogP contribution in [0, 0.1) is 17.2 Å². The summed E-state index contributed by atoms with van der Waals surface area (Å²) in [5.74, 6) is -0.136. The number of aryl methyl sites for hydroxylation is 1. The Balaban J connectivity index is 1.93. The fourth-order valence-electron chi connectivity index (χ4n) is 2.67. The van der Waals surface area contributed by atoms with Gasteiger partial charge >= 0.3 is 0 Å². The maximum atomic E-state index is 12.1. The molecule has 2 heterocycles. The van der Waals surface area contributed by atoms with E-state index in [0.29, 0.717) is 30.9 Å². The molecule has 1 fully saturated rings. The Hall–Kier alpha value is -1.85. The lowest BCUT2D eigenvalue weighted by atomic mass is 10.00. The third-order valence-electron chi connectivity index (χ3n) is 3.87. The van der Waals surface area contributed by atoms with E-state index in [1.165, 1.54) is 10.6 Å². The summed E-state index contributed by atoms with van der Waals surface area (Å²) in [5.41, 5.74) is 0.862. The summed E-state index contributed by atoms with van der Waals surface area (Å²) < 4.78 is 26.2. The van der Waals surface area contributed by atoms with E-state index in [9.17, 15) is 13.2 Å². The van der Waals surface area contributed by atoms with Crippen molar-refractivity contribution in [3.05, 3.63) is 23.5 Å². The number of nitriles is 1. The molecule has 7 nitrogen and oxygen atoms in total. The van der Waals surface area contributed by atoms with Crippen LogP contribution < -0.4 is 5.32 Å². The summed E-state index contributed by atoms with van der Waals surface area (Å²) in [4.78, 5) is 12.1. The van der Waals surface area contributed by atoms with Crippen LogP contribution in [0.4, 0.5) is 0 Å². The highest BCUT2D eigenvalue weighted by atomic mass is 32.2. The van der Waals surface area contributed by atoms with Crippen LogP contribution in [0.1, 0.15) is 28.9 Å². The zero-order valence-electron chi connectivity index (χ0n) is 12.7. The van der Waals surface area contributed by atoms with Gasteiger partial charge in [0, 0.05) is 32.9 Å². The van der Waals surface area contributed by atoms with Crippen LogP contribution in [-0.4, -0.2) is 49.1 Å². The number of hydrogen-bond donors (Lipinski definition) is 1. The lowest BCUT2D eigenvalue weighted by Crippen LogP contribution is -2.43. The minimum atomic E-state index is -3.18. The summed E-state index contributed by atoms with van der Waals surface area (Å²) in [6.45, 7) is 1.42. The predicted molar refractivity (Wildman–Crippen MR) is 81.6 cm³/mol. The first-order valence-electron chi connectivity index (χ1n) is 7.11. The molecule has 0 bridgehead atoms. The van der Waals surface area contributed by atoms with Gasteiger partial charge in [-0.2, -0.15) is 5.26 Å². The van der Waals surface area contributed by atoms with Crippen LogP contribution >= 0.6 is 0 Å². The van der Waals surface area contributed by atoms with Crippen molar-refractivity contribution in [2.45, 2.75) is 12.8 Å². The van der Waals surface area contributed by atoms with Gasteiger partial charge < -0.3 is 9.88 Å². The molecule has 0 aliphatic carbocycles. The molecule has 1 aliphatic heterocycles. The second-order valence-electron chi connectivity index (χ2n) is 5.68. The van der Waals surface area contributed by atoms with E-state index in [1.807, 2.05) is 6.07 Å². The molecule has 0 spiro atoms. The van der Waals surface area contributed by atoms with Crippen molar-refractivity contribution in [1.82, 2.24) is 14.2 Å². The van der Waals surface area contributed by atoms with Crippen LogP contribution in [0.25, 0.3) is 0 Å². The van der Waals surface area contributed by atoms with E-state index in [1.54, 1.807) is 23.9 Å². The zero-order chi connectivity index (χ0) is 16.3. The third kappa shape index (κ3) is 3.87. The maximum Gasteiger partial charge on any atom is 0.267 e. The molecule has 1 amide bonds. The summed E-state index contributed by atoms with van der Waals surface area (Å²) in [6, 6.07) is 3.54. The van der Waals surface area contributed by atoms with Gasteiger partial charge in [0.15, 0.2) is 0 Å². The normalized spacial score (nSPS) is 19.6. The molecule has 1 aliphatic rings. The summed E-state index contributed by atoms with van der Waals surface area (Å²) in [7, 11) is -1.47. The van der Waals surface area contributed by atoms with Gasteiger partial charge in [-0.3, -0.25) is 4.79 Å². The SMILES string of the molecule is Cn1cc(C#N)cc1C(=O)NC[C@H]1CCCN(S(C)(=O)=O)C1. The molecule has 0 saturated carbocycles. The van der Waals surface area contributed by atoms with Crippen molar-refractivity contribution >= 4 is 15.9 Å². The molecular formula is C14H20N4O3S. The Kier molecular flexibility index (Phi) is 4.88. The Morgan fingerprint density at radius 1 is 1.55 bits per heavy atom. The number of aromatic nitrogens is 1. The number of nitrogens with one attached hydrogen (secondary N) is 1. The lowest BCUT2D eigenvalue weighted by Gasteiger charge is -2.30. The van der Waals surface area contributed by atoms with E-state index in [4.69, 9.17) is 5.26 Å². The smallest absolute Gasteiger partial charge is 0.267 e. The second-order valence-corrected chi connectivity index (χ2v) is 7.66. The van der Waals surface area contributed by atoms with E-state index in [0.717, 1.165) is 12.8 Å². The molecule has 0 aromatic carbocycles. The van der Waals surface area contributed by atoms with Crippen LogP contribution in [0.2, 0.25) is 0 Å². The van der Waals surface area contributed by atoms with Crippen molar-refractivity contribution in [1.29, 1.82) is 5.26 Å². The molecule has 1 atom stereocenters. The molecule has 1 N–H and O–H groups in total. The van der Waals surface area contributed by atoms with Crippen molar-refractivity contribution in [3.8, 4) is 6.07 Å². The number of amides is 1. The molecule has 1 saturated heterocycles. The Morgan fingerprint density at radius 3 is 2.86 bits per heavy atom. The van der Waals surface area contributed by atoms with Crippen molar-refractivity contribution < 1.29 is 13.2 Å². The zero-order valence-corrected chi connectivity index (χ0v) is 13.6. The van der Waals surface area contributed by atoms with Gasteiger partial charge in [-0.05, 0) is 24.8 Å². The molecule has 0 unspecified atom stereocenters. The Bertz CT molecular complexity index is 702. The highest BCUT2D eigenvalue weighted by Gasteiger charge is 2.26. The second kappa shape index (κ2) is 6.50. The first-order chi connectivity index (χ1) is 10.3. The number of carbonyl (C=O) groups excluding carboxylic acids is 1. The van der Waals surface area contributed by atoms with E-state index >= 15 is 0 Å². The van der Waals surface area contributed by atoms with Gasteiger partial charge in [0.1, 0.15) is 11.8 Å². The molecule has 120 valence electrons. The number of nitrogens with zero attached hydrogens (tertiary/aromatic N) is 3. The van der Waals surface area contributed by atoms with Gasteiger partial charge in [-0.1, -0.05) is 0 Å². The van der Waals surface area contributed by atoms with Gasteiger partial charge in [0.2, 0.25) is 10.0 Å². The van der Waals surface area contributed by atoms with Crippen LogP contribution in [-0.2, 0) is 17.1 Å². The summed E-state index contributed by atoms with van der Waals surface area (Å²) in [6.07, 6.45) is 4.50. The molecular weight excluding hydrogens is 304 g/mol. The van der Waals surface area contributed by atoms with Gasteiger partial charge in [-0.25, -0.2) is 12.7 Å². The highest BCUT2D eigenvalue weighted by Crippen LogP contribution is 2.18. The monoisotopic (exact) mass is 324 g/mol. The van der Waals surface area contributed by atoms with Crippen LogP contribution in [0.5, 0.6) is 0 Å². The highest BCUT2D eigenvalue weighted by molar-refractivity contribution is 7.88. The molecule has 1 aromatic heterocycles. The van der Waals surface area contributed by atoms with Crippen molar-refractivity contribution in [3.63, 3.8) is 0 Å². The quantitative estimate of drug-likeness (QED) is 0.861. The first kappa shape index (κ1) is 16.5. The van der Waals surface area contributed by atoms with E-state index in [2.05, 4.69) is 5.32 Å². The predicted octanol–water partition coefficient (Wildman–Crippen LogP) is 0.298. The fourth-order valence-corrected chi connectivity index (χ4v) is 3.62. The number of carbonyl (C=O) groups is 1. The number of piperidine rings is 1. The van der Waals surface area contributed by atoms with Crippen molar-refractivity contribution in [2.24, 2.45) is 13.0 Å². The van der Waals surface area contributed by atoms with E-state index in [-0.39, 0.29) is 11.8 Å². The van der Waals surface area contributed by atoms with Gasteiger partial charge in [-0.15, -0.1) is 0 Å². The average molecular weight is 324 g/mol. The van der Waals surface area contributed by atoms with Gasteiger partial charge in [0.25, 0.3) is 5.91 Å². The summed E-state index contributed by atoms with van der Waals surface area (Å²) >= 11 is 0. The van der Waals surface area contributed by atoms with Crippen LogP contribution in [0.15, 0.2) is 12.3 Å². The molecule has 22 heavy (non-hydrogen) atoms. The third-order valence-corrected chi connectivity index (χ3v) is 5.14. The standard InChI is InChI=1S/C14H20N4O3S/c1-17-9-12(7-15)6-13(17)14(19)16-8-11-4-3-5-18(10-11)22(2,20)21/h6,9,11H,3-5,8,10H2,1-2H3,(H,16,19)/t11-/m1/s1.